The van der Waals surface area contributed by atoms with Crippen LogP contribution in [0.5, 0.6) is 0 Å². The SMILES string of the molecule is O.c1cc(-n2cnnc2)ccc1-n1cnnc1. The maximum atomic E-state index is 3.76. The van der Waals surface area contributed by atoms with E-state index in [-0.39, 0.29) is 5.48 Å². The molecule has 7 nitrogen and oxygen atoms in total. The van der Waals surface area contributed by atoms with Crippen molar-refractivity contribution in [1.82, 2.24) is 29.5 Å². The lowest BCUT2D eigenvalue weighted by Gasteiger charge is -2.03. The van der Waals surface area contributed by atoms with E-state index < -0.39 is 0 Å². The van der Waals surface area contributed by atoms with Crippen LogP contribution in [0.1, 0.15) is 0 Å². The molecule has 17 heavy (non-hydrogen) atoms. The van der Waals surface area contributed by atoms with Gasteiger partial charge in [0.15, 0.2) is 0 Å². The summed E-state index contributed by atoms with van der Waals surface area (Å²) in [7, 11) is 0. The van der Waals surface area contributed by atoms with Crippen LogP contribution in [-0.2, 0) is 0 Å². The smallest absolute Gasteiger partial charge is 0.123 e. The Morgan fingerprint density at radius 2 is 0.882 bits per heavy atom. The Labute approximate surface area is 96.7 Å². The standard InChI is InChI=1S/C10H8N6.H2O/c1-2-10(16-7-13-14-8-16)4-3-9(1)15-5-11-12-6-15;/h1-8H;1H2. The molecule has 2 heterocycles. The number of nitrogens with zero attached hydrogens (tertiary/aromatic N) is 6. The molecule has 86 valence electrons. The van der Waals surface area contributed by atoms with E-state index in [1.54, 1.807) is 25.3 Å². The van der Waals surface area contributed by atoms with E-state index >= 15 is 0 Å². The normalized spacial score (nSPS) is 9.88. The van der Waals surface area contributed by atoms with Crippen LogP contribution in [0.3, 0.4) is 0 Å². The highest BCUT2D eigenvalue weighted by Gasteiger charge is 1.98. The topological polar surface area (TPSA) is 92.9 Å². The van der Waals surface area contributed by atoms with Crippen molar-refractivity contribution in [3.63, 3.8) is 0 Å². The molecule has 0 fully saturated rings. The minimum absolute atomic E-state index is 0. The summed E-state index contributed by atoms with van der Waals surface area (Å²) < 4.78 is 3.69. The minimum Gasteiger partial charge on any atom is -0.412 e. The maximum absolute atomic E-state index is 3.76. The Hall–Kier alpha value is -2.54. The average Bonchev–Trinajstić information content (AvgIpc) is 3.03. The Balaban J connectivity index is 0.00000108. The molecule has 3 rings (SSSR count). The number of hydrogen-bond donors (Lipinski definition) is 0. The fourth-order valence-electron chi connectivity index (χ4n) is 1.46. The summed E-state index contributed by atoms with van der Waals surface area (Å²) in [5, 5.41) is 15.0. The first-order valence-electron chi connectivity index (χ1n) is 4.73. The van der Waals surface area contributed by atoms with Crippen LogP contribution >= 0.6 is 0 Å². The van der Waals surface area contributed by atoms with Crippen molar-refractivity contribution in [2.75, 3.05) is 0 Å². The predicted molar refractivity (Wildman–Crippen MR) is 59.9 cm³/mol. The van der Waals surface area contributed by atoms with Crippen molar-refractivity contribution in [3.05, 3.63) is 49.6 Å². The molecule has 0 radical (unpaired) electrons. The Kier molecular flexibility index (Phi) is 2.93. The Morgan fingerprint density at radius 1 is 0.588 bits per heavy atom. The molecule has 0 amide bonds. The lowest BCUT2D eigenvalue weighted by Crippen LogP contribution is -1.93. The van der Waals surface area contributed by atoms with Crippen molar-refractivity contribution in [3.8, 4) is 11.4 Å². The molecule has 3 aromatic rings. The molecule has 0 saturated heterocycles. The molecule has 0 unspecified atom stereocenters. The van der Waals surface area contributed by atoms with Crippen molar-refractivity contribution < 1.29 is 5.48 Å². The molecule has 1 aromatic carbocycles. The highest BCUT2D eigenvalue weighted by atomic mass is 16.0. The van der Waals surface area contributed by atoms with E-state index in [0.717, 1.165) is 11.4 Å². The molecular formula is C10H10N6O. The lowest BCUT2D eigenvalue weighted by atomic mass is 10.3. The molecular weight excluding hydrogens is 220 g/mol. The summed E-state index contributed by atoms with van der Waals surface area (Å²) >= 11 is 0. The number of aromatic nitrogens is 6. The van der Waals surface area contributed by atoms with Crippen LogP contribution in [0, 0.1) is 0 Å². The predicted octanol–water partition coefficient (Wildman–Crippen LogP) is 0.0233. The summed E-state index contributed by atoms with van der Waals surface area (Å²) in [4.78, 5) is 0. The zero-order chi connectivity index (χ0) is 10.8. The average molecular weight is 230 g/mol. The fraction of sp³-hybridized carbons (Fsp3) is 0. The Morgan fingerprint density at radius 3 is 1.18 bits per heavy atom. The number of benzene rings is 1. The molecule has 0 spiro atoms. The first kappa shape index (κ1) is 11.0. The molecule has 0 saturated carbocycles. The Bertz CT molecular complexity index is 504. The van der Waals surface area contributed by atoms with Gasteiger partial charge in [0.1, 0.15) is 25.3 Å². The van der Waals surface area contributed by atoms with Crippen LogP contribution in [0.15, 0.2) is 49.6 Å². The maximum Gasteiger partial charge on any atom is 0.123 e. The summed E-state index contributed by atoms with van der Waals surface area (Å²) in [5.41, 5.74) is 2.03. The highest BCUT2D eigenvalue weighted by Crippen LogP contribution is 2.11. The fourth-order valence-corrected chi connectivity index (χ4v) is 1.46. The number of rotatable bonds is 2. The van der Waals surface area contributed by atoms with E-state index in [0.29, 0.717) is 0 Å². The monoisotopic (exact) mass is 230 g/mol. The second-order valence-electron chi connectivity index (χ2n) is 3.25. The van der Waals surface area contributed by atoms with Gasteiger partial charge in [-0.15, -0.1) is 20.4 Å². The van der Waals surface area contributed by atoms with Gasteiger partial charge in [-0.05, 0) is 24.3 Å². The van der Waals surface area contributed by atoms with Crippen LogP contribution in [0.4, 0.5) is 0 Å². The summed E-state index contributed by atoms with van der Waals surface area (Å²) in [6, 6.07) is 7.94. The second kappa shape index (κ2) is 4.54. The van der Waals surface area contributed by atoms with Crippen molar-refractivity contribution in [2.24, 2.45) is 0 Å². The molecule has 0 aliphatic rings. The molecule has 2 N–H and O–H groups in total. The molecule has 0 aliphatic heterocycles. The van der Waals surface area contributed by atoms with Gasteiger partial charge in [-0.3, -0.25) is 9.13 Å². The third-order valence-electron chi connectivity index (χ3n) is 2.28. The summed E-state index contributed by atoms with van der Waals surface area (Å²) in [6.45, 7) is 0. The third kappa shape index (κ3) is 2.04. The van der Waals surface area contributed by atoms with Crippen molar-refractivity contribution in [2.45, 2.75) is 0 Å². The summed E-state index contributed by atoms with van der Waals surface area (Å²) in [6.07, 6.45) is 6.64. The van der Waals surface area contributed by atoms with Crippen LogP contribution in [-0.4, -0.2) is 35.0 Å². The molecule has 7 heteroatoms. The van der Waals surface area contributed by atoms with E-state index in [4.69, 9.17) is 0 Å². The summed E-state index contributed by atoms with van der Waals surface area (Å²) in [5.74, 6) is 0. The van der Waals surface area contributed by atoms with E-state index in [1.807, 2.05) is 33.4 Å². The zero-order valence-corrected chi connectivity index (χ0v) is 8.80. The van der Waals surface area contributed by atoms with Crippen molar-refractivity contribution in [1.29, 1.82) is 0 Å². The third-order valence-corrected chi connectivity index (χ3v) is 2.28. The van der Waals surface area contributed by atoms with Gasteiger partial charge in [-0.2, -0.15) is 0 Å². The van der Waals surface area contributed by atoms with Crippen molar-refractivity contribution >= 4 is 0 Å². The zero-order valence-electron chi connectivity index (χ0n) is 8.80. The van der Waals surface area contributed by atoms with Gasteiger partial charge in [-0.25, -0.2) is 0 Å². The van der Waals surface area contributed by atoms with Gasteiger partial charge in [0.25, 0.3) is 0 Å². The quantitative estimate of drug-likeness (QED) is 0.620. The largest absolute Gasteiger partial charge is 0.412 e. The highest BCUT2D eigenvalue weighted by molar-refractivity contribution is 5.40. The van der Waals surface area contributed by atoms with E-state index in [9.17, 15) is 0 Å². The van der Waals surface area contributed by atoms with Gasteiger partial charge in [-0.1, -0.05) is 0 Å². The molecule has 2 aromatic heterocycles. The van der Waals surface area contributed by atoms with Gasteiger partial charge in [0.05, 0.1) is 0 Å². The molecule has 0 aliphatic carbocycles. The molecule has 0 bridgehead atoms. The lowest BCUT2D eigenvalue weighted by molar-refractivity contribution is 0.824. The van der Waals surface area contributed by atoms with E-state index in [1.165, 1.54) is 0 Å². The first-order chi connectivity index (χ1) is 7.93. The van der Waals surface area contributed by atoms with Gasteiger partial charge >= 0.3 is 0 Å². The van der Waals surface area contributed by atoms with Crippen LogP contribution in [0.2, 0.25) is 0 Å². The van der Waals surface area contributed by atoms with Crippen LogP contribution < -0.4 is 0 Å². The second-order valence-corrected chi connectivity index (χ2v) is 3.25. The van der Waals surface area contributed by atoms with Gasteiger partial charge in [0.2, 0.25) is 0 Å². The van der Waals surface area contributed by atoms with Gasteiger partial charge < -0.3 is 5.48 Å². The van der Waals surface area contributed by atoms with Gasteiger partial charge in [0, 0.05) is 11.4 Å². The van der Waals surface area contributed by atoms with Crippen LogP contribution in [0.25, 0.3) is 11.4 Å². The first-order valence-corrected chi connectivity index (χ1v) is 4.73. The minimum atomic E-state index is 0. The van der Waals surface area contributed by atoms with E-state index in [2.05, 4.69) is 20.4 Å². The number of hydrogen-bond acceptors (Lipinski definition) is 4. The molecule has 0 atom stereocenters.